The van der Waals surface area contributed by atoms with Crippen LogP contribution in [0.1, 0.15) is 33.1 Å². The van der Waals surface area contributed by atoms with Crippen molar-refractivity contribution < 1.29 is 14.6 Å². The Bertz CT molecular complexity index is 1030. The topological polar surface area (TPSA) is 115 Å². The fraction of sp³-hybridized carbons (Fsp3) is 0.0952. The number of non-ortho nitro benzene ring substituents is 2. The van der Waals surface area contributed by atoms with Gasteiger partial charge in [-0.25, -0.2) is 0 Å². The minimum atomic E-state index is -0.765. The molecule has 0 aliphatic rings. The maximum Gasteiger partial charge on any atom is 0.277 e. The fourth-order valence-electron chi connectivity index (χ4n) is 2.92. The van der Waals surface area contributed by atoms with Crippen LogP contribution in [-0.4, -0.2) is 15.8 Å². The molecular formula is C21H17N3O5. The van der Waals surface area contributed by atoms with Gasteiger partial charge in [-0.1, -0.05) is 60.2 Å². The Morgan fingerprint density at radius 3 is 1.86 bits per heavy atom. The number of amides is 1. The monoisotopic (exact) mass is 391 g/mol. The zero-order chi connectivity index (χ0) is 21.0. The van der Waals surface area contributed by atoms with Crippen molar-refractivity contribution in [3.05, 3.63) is 115 Å². The van der Waals surface area contributed by atoms with E-state index in [4.69, 9.17) is 0 Å². The number of aryl methyl sites for hydroxylation is 1. The summed E-state index contributed by atoms with van der Waals surface area (Å²) in [5.41, 5.74) is 1.49. The molecule has 0 bridgehead atoms. The van der Waals surface area contributed by atoms with Crippen LogP contribution in [0.15, 0.2) is 72.8 Å². The third-order valence-corrected chi connectivity index (χ3v) is 4.41. The maximum atomic E-state index is 12.9. The first-order chi connectivity index (χ1) is 13.8. The highest BCUT2D eigenvalue weighted by molar-refractivity contribution is 5.96. The van der Waals surface area contributed by atoms with Gasteiger partial charge in [-0.2, -0.15) is 0 Å². The average molecular weight is 391 g/mol. The second-order valence-corrected chi connectivity index (χ2v) is 6.48. The van der Waals surface area contributed by atoms with Crippen molar-refractivity contribution in [2.45, 2.75) is 13.0 Å². The zero-order valence-corrected chi connectivity index (χ0v) is 15.4. The van der Waals surface area contributed by atoms with Crippen molar-refractivity contribution in [2.75, 3.05) is 0 Å². The van der Waals surface area contributed by atoms with Crippen molar-refractivity contribution in [3.8, 4) is 0 Å². The molecule has 0 spiro atoms. The van der Waals surface area contributed by atoms with E-state index >= 15 is 0 Å². The highest BCUT2D eigenvalue weighted by atomic mass is 16.6. The van der Waals surface area contributed by atoms with Gasteiger partial charge >= 0.3 is 0 Å². The van der Waals surface area contributed by atoms with E-state index in [0.29, 0.717) is 0 Å². The van der Waals surface area contributed by atoms with Gasteiger partial charge in [-0.3, -0.25) is 25.0 Å². The van der Waals surface area contributed by atoms with Crippen LogP contribution in [0.4, 0.5) is 11.4 Å². The molecule has 0 aliphatic heterocycles. The Kier molecular flexibility index (Phi) is 5.64. The standard InChI is InChI=1S/C21H17N3O5/c1-14-7-9-16(10-8-14)20(15-5-3-2-4-6-15)22-21(25)17-11-18(23(26)27)13-19(12-17)24(28)29/h2-13,20H,1H3,(H,22,25). The van der Waals surface area contributed by atoms with Crippen LogP contribution in [0.3, 0.4) is 0 Å². The Labute approximate surface area is 166 Å². The number of rotatable bonds is 6. The Morgan fingerprint density at radius 1 is 0.828 bits per heavy atom. The van der Waals surface area contributed by atoms with E-state index in [1.54, 1.807) is 0 Å². The van der Waals surface area contributed by atoms with Gasteiger partial charge in [0.2, 0.25) is 0 Å². The van der Waals surface area contributed by atoms with Crippen LogP contribution >= 0.6 is 0 Å². The van der Waals surface area contributed by atoms with E-state index in [-0.39, 0.29) is 5.56 Å². The molecule has 8 heteroatoms. The number of nitrogens with zero attached hydrogens (tertiary/aromatic N) is 2. The lowest BCUT2D eigenvalue weighted by molar-refractivity contribution is -0.394. The molecule has 1 N–H and O–H groups in total. The lowest BCUT2D eigenvalue weighted by Crippen LogP contribution is -2.29. The highest BCUT2D eigenvalue weighted by Crippen LogP contribution is 2.26. The first kappa shape index (κ1) is 19.7. The average Bonchev–Trinajstić information content (AvgIpc) is 2.72. The predicted molar refractivity (Wildman–Crippen MR) is 107 cm³/mol. The molecule has 0 heterocycles. The molecular weight excluding hydrogens is 374 g/mol. The molecule has 0 saturated heterocycles. The summed E-state index contributed by atoms with van der Waals surface area (Å²) in [5.74, 6) is -0.647. The van der Waals surface area contributed by atoms with Gasteiger partial charge in [0.25, 0.3) is 17.3 Å². The SMILES string of the molecule is Cc1ccc(C(NC(=O)c2cc([N+](=O)[O-])cc([N+](=O)[O-])c2)c2ccccc2)cc1. The zero-order valence-electron chi connectivity index (χ0n) is 15.4. The Hall–Kier alpha value is -4.07. The van der Waals surface area contributed by atoms with E-state index in [1.165, 1.54) is 0 Å². The molecule has 0 saturated carbocycles. The van der Waals surface area contributed by atoms with Crippen molar-refractivity contribution in [2.24, 2.45) is 0 Å². The molecule has 1 unspecified atom stereocenters. The summed E-state index contributed by atoms with van der Waals surface area (Å²) < 4.78 is 0. The molecule has 1 atom stereocenters. The first-order valence-corrected chi connectivity index (χ1v) is 8.71. The Morgan fingerprint density at radius 2 is 1.34 bits per heavy atom. The lowest BCUT2D eigenvalue weighted by atomic mass is 9.97. The van der Waals surface area contributed by atoms with E-state index in [0.717, 1.165) is 34.9 Å². The second-order valence-electron chi connectivity index (χ2n) is 6.48. The van der Waals surface area contributed by atoms with E-state index in [1.807, 2.05) is 61.5 Å². The van der Waals surface area contributed by atoms with Gasteiger partial charge in [0, 0.05) is 12.1 Å². The number of nitrogens with one attached hydrogen (secondary N) is 1. The largest absolute Gasteiger partial charge is 0.341 e. The van der Waals surface area contributed by atoms with Crippen molar-refractivity contribution in [3.63, 3.8) is 0 Å². The molecule has 1 amide bonds. The molecule has 3 aromatic carbocycles. The van der Waals surface area contributed by atoms with Crippen LogP contribution in [0, 0.1) is 27.2 Å². The molecule has 29 heavy (non-hydrogen) atoms. The van der Waals surface area contributed by atoms with Crippen LogP contribution in [-0.2, 0) is 0 Å². The summed E-state index contributed by atoms with van der Waals surface area (Å²) in [5, 5.41) is 25.0. The molecule has 3 aromatic rings. The predicted octanol–water partition coefficient (Wildman–Crippen LogP) is 4.33. The van der Waals surface area contributed by atoms with Crippen LogP contribution < -0.4 is 5.32 Å². The molecule has 0 radical (unpaired) electrons. The quantitative estimate of drug-likeness (QED) is 0.496. The number of benzene rings is 3. The second kappa shape index (κ2) is 8.30. The van der Waals surface area contributed by atoms with Crippen molar-refractivity contribution in [1.82, 2.24) is 5.32 Å². The van der Waals surface area contributed by atoms with E-state index in [2.05, 4.69) is 5.32 Å². The van der Waals surface area contributed by atoms with Crippen LogP contribution in [0.2, 0.25) is 0 Å². The summed E-state index contributed by atoms with van der Waals surface area (Å²) in [6, 6.07) is 19.1. The van der Waals surface area contributed by atoms with Crippen molar-refractivity contribution >= 4 is 17.3 Å². The number of hydrogen-bond donors (Lipinski definition) is 1. The number of carbonyl (C=O) groups is 1. The molecule has 0 fully saturated rings. The fourth-order valence-corrected chi connectivity index (χ4v) is 2.92. The third-order valence-electron chi connectivity index (χ3n) is 4.41. The highest BCUT2D eigenvalue weighted by Gasteiger charge is 2.23. The summed E-state index contributed by atoms with van der Waals surface area (Å²) in [7, 11) is 0. The minimum Gasteiger partial charge on any atom is -0.341 e. The van der Waals surface area contributed by atoms with Crippen LogP contribution in [0.25, 0.3) is 0 Å². The maximum absolute atomic E-state index is 12.9. The number of nitro groups is 2. The van der Waals surface area contributed by atoms with Gasteiger partial charge in [0.05, 0.1) is 27.5 Å². The van der Waals surface area contributed by atoms with Crippen LogP contribution in [0.5, 0.6) is 0 Å². The smallest absolute Gasteiger partial charge is 0.277 e. The Balaban J connectivity index is 2.00. The third kappa shape index (κ3) is 4.62. The molecule has 0 aliphatic carbocycles. The van der Waals surface area contributed by atoms with E-state index < -0.39 is 33.2 Å². The lowest BCUT2D eigenvalue weighted by Gasteiger charge is -2.20. The number of nitro benzene ring substituents is 2. The van der Waals surface area contributed by atoms with E-state index in [9.17, 15) is 25.0 Å². The van der Waals surface area contributed by atoms with Gasteiger partial charge in [0.1, 0.15) is 0 Å². The first-order valence-electron chi connectivity index (χ1n) is 8.71. The number of carbonyl (C=O) groups excluding carboxylic acids is 1. The molecule has 8 nitrogen and oxygen atoms in total. The van der Waals surface area contributed by atoms with Gasteiger partial charge in [-0.05, 0) is 18.1 Å². The van der Waals surface area contributed by atoms with Crippen molar-refractivity contribution in [1.29, 1.82) is 0 Å². The molecule has 3 rings (SSSR count). The summed E-state index contributed by atoms with van der Waals surface area (Å²) in [4.78, 5) is 33.5. The normalized spacial score (nSPS) is 11.5. The summed E-state index contributed by atoms with van der Waals surface area (Å²) >= 11 is 0. The van der Waals surface area contributed by atoms with Gasteiger partial charge < -0.3 is 5.32 Å². The van der Waals surface area contributed by atoms with Gasteiger partial charge in [0.15, 0.2) is 0 Å². The molecule has 146 valence electrons. The summed E-state index contributed by atoms with van der Waals surface area (Å²) in [6.45, 7) is 1.95. The van der Waals surface area contributed by atoms with Gasteiger partial charge in [-0.15, -0.1) is 0 Å². The number of hydrogen-bond acceptors (Lipinski definition) is 5. The minimum absolute atomic E-state index is 0.154. The summed E-state index contributed by atoms with van der Waals surface area (Å²) in [6.07, 6.45) is 0. The molecule has 0 aromatic heterocycles.